The van der Waals surface area contributed by atoms with Gasteiger partial charge in [-0.25, -0.2) is 4.90 Å². The molecule has 2 saturated heterocycles. The van der Waals surface area contributed by atoms with Gasteiger partial charge in [0.1, 0.15) is 0 Å². The van der Waals surface area contributed by atoms with Gasteiger partial charge in [-0.2, -0.15) is 0 Å². The standard InChI is InChI=1S/C22H24ClN3O2/c1-16-7-8-19(18(23)13-16)26-21(27)14-20(22(26)28)25-11-9-24(10-12-25)15-17-5-3-2-4-6-17/h2-8,13,20H,9-12,14-15H2,1H3. The van der Waals surface area contributed by atoms with Gasteiger partial charge in [0, 0.05) is 32.7 Å². The fourth-order valence-corrected chi connectivity index (χ4v) is 4.34. The molecule has 146 valence electrons. The molecule has 28 heavy (non-hydrogen) atoms. The van der Waals surface area contributed by atoms with Crippen molar-refractivity contribution in [2.24, 2.45) is 0 Å². The number of aryl methyl sites for hydroxylation is 1. The van der Waals surface area contributed by atoms with E-state index in [4.69, 9.17) is 11.6 Å². The van der Waals surface area contributed by atoms with Gasteiger partial charge >= 0.3 is 0 Å². The Balaban J connectivity index is 1.41. The molecule has 4 rings (SSSR count). The highest BCUT2D eigenvalue weighted by Gasteiger charge is 2.43. The van der Waals surface area contributed by atoms with Crippen LogP contribution >= 0.6 is 11.6 Å². The number of rotatable bonds is 4. The molecule has 2 amide bonds. The lowest BCUT2D eigenvalue weighted by molar-refractivity contribution is -0.123. The third-order valence-electron chi connectivity index (χ3n) is 5.56. The summed E-state index contributed by atoms with van der Waals surface area (Å²) in [5.41, 5.74) is 2.79. The minimum Gasteiger partial charge on any atom is -0.297 e. The monoisotopic (exact) mass is 397 g/mol. The van der Waals surface area contributed by atoms with E-state index in [1.165, 1.54) is 10.5 Å². The number of imide groups is 1. The number of nitrogens with zero attached hydrogens (tertiary/aromatic N) is 3. The van der Waals surface area contributed by atoms with Crippen LogP contribution in [0.15, 0.2) is 48.5 Å². The minimum atomic E-state index is -0.385. The second-order valence-electron chi connectivity index (χ2n) is 7.54. The van der Waals surface area contributed by atoms with E-state index in [9.17, 15) is 9.59 Å². The van der Waals surface area contributed by atoms with Gasteiger partial charge in [0.2, 0.25) is 5.91 Å². The van der Waals surface area contributed by atoms with Crippen molar-refractivity contribution in [3.8, 4) is 0 Å². The van der Waals surface area contributed by atoms with Crippen molar-refractivity contribution in [3.05, 3.63) is 64.7 Å². The molecule has 0 saturated carbocycles. The highest BCUT2D eigenvalue weighted by molar-refractivity contribution is 6.36. The lowest BCUT2D eigenvalue weighted by Gasteiger charge is -2.37. The smallest absolute Gasteiger partial charge is 0.251 e. The van der Waals surface area contributed by atoms with Crippen LogP contribution in [0.4, 0.5) is 5.69 Å². The van der Waals surface area contributed by atoms with Crippen LogP contribution in [-0.4, -0.2) is 53.8 Å². The number of hydrogen-bond donors (Lipinski definition) is 0. The molecule has 2 aliphatic heterocycles. The van der Waals surface area contributed by atoms with E-state index >= 15 is 0 Å². The molecule has 1 unspecified atom stereocenters. The van der Waals surface area contributed by atoms with Gasteiger partial charge in [0.05, 0.1) is 23.2 Å². The quantitative estimate of drug-likeness (QED) is 0.743. The average Bonchev–Trinajstić information content (AvgIpc) is 2.98. The molecular weight excluding hydrogens is 374 g/mol. The van der Waals surface area contributed by atoms with Crippen LogP contribution in [0, 0.1) is 6.92 Å². The van der Waals surface area contributed by atoms with Crippen molar-refractivity contribution < 1.29 is 9.59 Å². The molecule has 0 radical (unpaired) electrons. The Hall–Kier alpha value is -2.21. The summed E-state index contributed by atoms with van der Waals surface area (Å²) in [7, 11) is 0. The first-order valence-corrected chi connectivity index (χ1v) is 10.0. The summed E-state index contributed by atoms with van der Waals surface area (Å²) in [6.07, 6.45) is 0.224. The zero-order valence-electron chi connectivity index (χ0n) is 16.0. The molecule has 0 spiro atoms. The molecule has 2 heterocycles. The number of hydrogen-bond acceptors (Lipinski definition) is 4. The van der Waals surface area contributed by atoms with E-state index in [2.05, 4.69) is 34.1 Å². The zero-order valence-corrected chi connectivity index (χ0v) is 16.7. The Morgan fingerprint density at radius 3 is 2.39 bits per heavy atom. The number of amides is 2. The fraction of sp³-hybridized carbons (Fsp3) is 0.364. The zero-order chi connectivity index (χ0) is 19.7. The molecule has 6 heteroatoms. The fourth-order valence-electron chi connectivity index (χ4n) is 4.02. The maximum Gasteiger partial charge on any atom is 0.251 e. The Morgan fingerprint density at radius 2 is 1.71 bits per heavy atom. The summed E-state index contributed by atoms with van der Waals surface area (Å²) in [6, 6.07) is 15.4. The summed E-state index contributed by atoms with van der Waals surface area (Å²) in [6.45, 7) is 6.19. The third-order valence-corrected chi connectivity index (χ3v) is 5.87. The Morgan fingerprint density at radius 1 is 1.00 bits per heavy atom. The van der Waals surface area contributed by atoms with Crippen molar-refractivity contribution in [3.63, 3.8) is 0 Å². The average molecular weight is 398 g/mol. The number of halogens is 1. The topological polar surface area (TPSA) is 43.9 Å². The van der Waals surface area contributed by atoms with Crippen LogP contribution in [-0.2, 0) is 16.1 Å². The predicted octanol–water partition coefficient (Wildman–Crippen LogP) is 3.10. The summed E-state index contributed by atoms with van der Waals surface area (Å²) >= 11 is 6.30. The van der Waals surface area contributed by atoms with Crippen molar-refractivity contribution >= 4 is 29.1 Å². The highest BCUT2D eigenvalue weighted by Crippen LogP contribution is 2.32. The van der Waals surface area contributed by atoms with E-state index in [1.54, 1.807) is 12.1 Å². The van der Waals surface area contributed by atoms with E-state index in [-0.39, 0.29) is 24.3 Å². The van der Waals surface area contributed by atoms with Crippen LogP contribution < -0.4 is 4.90 Å². The number of carbonyl (C=O) groups excluding carboxylic acids is 2. The normalized spacial score (nSPS) is 21.5. The maximum absolute atomic E-state index is 13.0. The molecule has 2 fully saturated rings. The summed E-state index contributed by atoms with van der Waals surface area (Å²) in [4.78, 5) is 31.4. The largest absolute Gasteiger partial charge is 0.297 e. The van der Waals surface area contributed by atoms with Crippen LogP contribution in [0.25, 0.3) is 0 Å². The first kappa shape index (κ1) is 19.1. The molecule has 5 nitrogen and oxygen atoms in total. The van der Waals surface area contributed by atoms with E-state index in [0.29, 0.717) is 10.7 Å². The maximum atomic E-state index is 13.0. The van der Waals surface area contributed by atoms with Gasteiger partial charge in [0.25, 0.3) is 5.91 Å². The van der Waals surface area contributed by atoms with Gasteiger partial charge < -0.3 is 0 Å². The van der Waals surface area contributed by atoms with Crippen LogP contribution in [0.2, 0.25) is 5.02 Å². The van der Waals surface area contributed by atoms with Crippen molar-refractivity contribution in [2.45, 2.75) is 25.9 Å². The van der Waals surface area contributed by atoms with Gasteiger partial charge in [-0.3, -0.25) is 19.4 Å². The molecule has 2 aliphatic rings. The molecular formula is C22H24ClN3O2. The van der Waals surface area contributed by atoms with Gasteiger partial charge in [-0.1, -0.05) is 48.0 Å². The third kappa shape index (κ3) is 3.83. The molecule has 0 bridgehead atoms. The van der Waals surface area contributed by atoms with Crippen molar-refractivity contribution in [2.75, 3.05) is 31.1 Å². The molecule has 2 aromatic rings. The summed E-state index contributed by atoms with van der Waals surface area (Å²) in [5.74, 6) is -0.334. The van der Waals surface area contributed by atoms with Gasteiger partial charge in [-0.15, -0.1) is 0 Å². The van der Waals surface area contributed by atoms with E-state index < -0.39 is 0 Å². The Kier molecular flexibility index (Phi) is 5.49. The van der Waals surface area contributed by atoms with E-state index in [1.807, 2.05) is 19.1 Å². The second kappa shape index (κ2) is 8.03. The number of benzene rings is 2. The Bertz CT molecular complexity index is 879. The second-order valence-corrected chi connectivity index (χ2v) is 7.95. The molecule has 1 atom stereocenters. The first-order valence-electron chi connectivity index (χ1n) is 9.66. The van der Waals surface area contributed by atoms with E-state index in [0.717, 1.165) is 38.3 Å². The lowest BCUT2D eigenvalue weighted by Crippen LogP contribution is -2.52. The minimum absolute atomic E-state index is 0.160. The van der Waals surface area contributed by atoms with Crippen molar-refractivity contribution in [1.29, 1.82) is 0 Å². The predicted molar refractivity (Wildman–Crippen MR) is 110 cm³/mol. The number of piperazine rings is 1. The SMILES string of the molecule is Cc1ccc(N2C(=O)CC(N3CCN(Cc4ccccc4)CC3)C2=O)c(Cl)c1. The first-order chi connectivity index (χ1) is 13.5. The molecule has 0 N–H and O–H groups in total. The van der Waals surface area contributed by atoms with Crippen LogP contribution in [0.5, 0.6) is 0 Å². The lowest BCUT2D eigenvalue weighted by atomic mass is 10.1. The number of anilines is 1. The van der Waals surface area contributed by atoms with Crippen LogP contribution in [0.1, 0.15) is 17.5 Å². The molecule has 0 aromatic heterocycles. The van der Waals surface area contributed by atoms with Gasteiger partial charge in [0.15, 0.2) is 0 Å². The summed E-state index contributed by atoms with van der Waals surface area (Å²) in [5, 5.41) is 0.440. The van der Waals surface area contributed by atoms with Gasteiger partial charge in [-0.05, 0) is 30.2 Å². The summed E-state index contributed by atoms with van der Waals surface area (Å²) < 4.78 is 0. The molecule has 0 aliphatic carbocycles. The Labute approximate surface area is 170 Å². The van der Waals surface area contributed by atoms with Crippen LogP contribution in [0.3, 0.4) is 0 Å². The highest BCUT2D eigenvalue weighted by atomic mass is 35.5. The van der Waals surface area contributed by atoms with Crippen molar-refractivity contribution in [1.82, 2.24) is 9.80 Å². The molecule has 2 aromatic carbocycles. The number of carbonyl (C=O) groups is 2.